The van der Waals surface area contributed by atoms with E-state index in [9.17, 15) is 0 Å². The lowest BCUT2D eigenvalue weighted by molar-refractivity contribution is 0.221. The first-order chi connectivity index (χ1) is 8.70. The highest BCUT2D eigenvalue weighted by Gasteiger charge is 2.17. The van der Waals surface area contributed by atoms with Gasteiger partial charge < -0.3 is 15.4 Å². The average Bonchev–Trinajstić information content (AvgIpc) is 2.90. The lowest BCUT2D eigenvalue weighted by atomic mass is 10.2. The van der Waals surface area contributed by atoms with Crippen LogP contribution in [0, 0.1) is 6.92 Å². The van der Waals surface area contributed by atoms with Gasteiger partial charge in [-0.25, -0.2) is 0 Å². The second-order valence-electron chi connectivity index (χ2n) is 4.06. The molecular formula is C14H23ClN2O. The number of anilines is 1. The van der Waals surface area contributed by atoms with Crippen LogP contribution < -0.4 is 15.4 Å². The minimum atomic E-state index is 0.266. The van der Waals surface area contributed by atoms with Crippen LogP contribution in [0.1, 0.15) is 25.8 Å². The molecule has 1 atom stereocenters. The van der Waals surface area contributed by atoms with Gasteiger partial charge in [-0.2, -0.15) is 0 Å². The van der Waals surface area contributed by atoms with Crippen molar-refractivity contribution in [3.63, 3.8) is 0 Å². The summed E-state index contributed by atoms with van der Waals surface area (Å²) in [5, 5.41) is 7.11. The highest BCUT2D eigenvalue weighted by molar-refractivity contribution is 6.31. The quantitative estimate of drug-likeness (QED) is 0.883. The van der Waals surface area contributed by atoms with Crippen molar-refractivity contribution in [2.24, 2.45) is 0 Å². The zero-order valence-corrected chi connectivity index (χ0v) is 12.4. The standard InChI is InChI=1S/C12H17ClN2O.C2H6/c1-8-11(13)5-9(14-2)6-12(8)16-10-3-4-15-7-10;1-2/h5-6,10,14-15H,3-4,7H2,1-2H3;1-2H3. The van der Waals surface area contributed by atoms with E-state index in [2.05, 4.69) is 10.6 Å². The van der Waals surface area contributed by atoms with E-state index in [-0.39, 0.29) is 6.10 Å². The second-order valence-corrected chi connectivity index (χ2v) is 4.47. The van der Waals surface area contributed by atoms with Gasteiger partial charge in [0.1, 0.15) is 11.9 Å². The van der Waals surface area contributed by atoms with Crippen LogP contribution in [-0.4, -0.2) is 26.2 Å². The molecular weight excluding hydrogens is 248 g/mol. The molecule has 1 saturated heterocycles. The fourth-order valence-corrected chi connectivity index (χ4v) is 2.04. The molecule has 1 aliphatic heterocycles. The SMILES string of the molecule is CC.CNc1cc(Cl)c(C)c(OC2CCNC2)c1. The van der Waals surface area contributed by atoms with Crippen molar-refractivity contribution >= 4 is 17.3 Å². The molecule has 1 aromatic carbocycles. The van der Waals surface area contributed by atoms with Crippen LogP contribution in [0.25, 0.3) is 0 Å². The Balaban J connectivity index is 0.000000771. The van der Waals surface area contributed by atoms with E-state index >= 15 is 0 Å². The Labute approximate surface area is 115 Å². The van der Waals surface area contributed by atoms with Crippen LogP contribution in [0.4, 0.5) is 5.69 Å². The molecule has 1 aromatic rings. The van der Waals surface area contributed by atoms with E-state index in [4.69, 9.17) is 16.3 Å². The summed E-state index contributed by atoms with van der Waals surface area (Å²) < 4.78 is 5.94. The van der Waals surface area contributed by atoms with Crippen molar-refractivity contribution < 1.29 is 4.74 Å². The molecule has 1 fully saturated rings. The van der Waals surface area contributed by atoms with Gasteiger partial charge >= 0.3 is 0 Å². The zero-order valence-electron chi connectivity index (χ0n) is 11.6. The van der Waals surface area contributed by atoms with Gasteiger partial charge in [0.05, 0.1) is 0 Å². The predicted molar refractivity (Wildman–Crippen MR) is 79.0 cm³/mol. The van der Waals surface area contributed by atoms with Crippen molar-refractivity contribution in [1.29, 1.82) is 0 Å². The molecule has 1 aliphatic rings. The molecule has 18 heavy (non-hydrogen) atoms. The molecule has 0 bridgehead atoms. The number of halogens is 1. The van der Waals surface area contributed by atoms with Crippen molar-refractivity contribution in [1.82, 2.24) is 5.32 Å². The molecule has 0 spiro atoms. The molecule has 3 nitrogen and oxygen atoms in total. The molecule has 1 heterocycles. The summed E-state index contributed by atoms with van der Waals surface area (Å²) in [7, 11) is 1.88. The van der Waals surface area contributed by atoms with E-state index in [0.29, 0.717) is 0 Å². The smallest absolute Gasteiger partial charge is 0.126 e. The number of hydrogen-bond acceptors (Lipinski definition) is 3. The highest BCUT2D eigenvalue weighted by atomic mass is 35.5. The second kappa shape index (κ2) is 7.49. The number of rotatable bonds is 3. The number of ether oxygens (including phenoxy) is 1. The molecule has 2 rings (SSSR count). The van der Waals surface area contributed by atoms with Crippen molar-refractivity contribution in [2.75, 3.05) is 25.5 Å². The fraction of sp³-hybridized carbons (Fsp3) is 0.571. The molecule has 0 saturated carbocycles. The minimum absolute atomic E-state index is 0.266. The Hall–Kier alpha value is -0.930. The summed E-state index contributed by atoms with van der Waals surface area (Å²) in [6.07, 6.45) is 1.32. The average molecular weight is 271 g/mol. The Morgan fingerprint density at radius 2 is 2.11 bits per heavy atom. The van der Waals surface area contributed by atoms with Crippen LogP contribution in [0.3, 0.4) is 0 Å². The van der Waals surface area contributed by atoms with Gasteiger partial charge in [-0.15, -0.1) is 0 Å². The number of nitrogens with one attached hydrogen (secondary N) is 2. The third kappa shape index (κ3) is 3.79. The maximum absolute atomic E-state index is 6.15. The topological polar surface area (TPSA) is 33.3 Å². The van der Waals surface area contributed by atoms with Gasteiger partial charge in [0.15, 0.2) is 0 Å². The Morgan fingerprint density at radius 1 is 1.39 bits per heavy atom. The number of hydrogen-bond donors (Lipinski definition) is 2. The van der Waals surface area contributed by atoms with Crippen LogP contribution in [-0.2, 0) is 0 Å². The maximum atomic E-state index is 6.15. The van der Waals surface area contributed by atoms with E-state index < -0.39 is 0 Å². The monoisotopic (exact) mass is 270 g/mol. The largest absolute Gasteiger partial charge is 0.489 e. The summed E-state index contributed by atoms with van der Waals surface area (Å²) >= 11 is 6.15. The summed E-state index contributed by atoms with van der Waals surface area (Å²) in [6.45, 7) is 7.93. The summed E-state index contributed by atoms with van der Waals surface area (Å²) in [4.78, 5) is 0. The van der Waals surface area contributed by atoms with Crippen LogP contribution in [0.15, 0.2) is 12.1 Å². The summed E-state index contributed by atoms with van der Waals surface area (Å²) in [5.41, 5.74) is 1.99. The molecule has 0 amide bonds. The maximum Gasteiger partial charge on any atom is 0.126 e. The first-order valence-electron chi connectivity index (χ1n) is 6.56. The molecule has 0 aromatic heterocycles. The molecule has 2 N–H and O–H groups in total. The predicted octanol–water partition coefficient (Wildman–Crippen LogP) is 3.46. The summed E-state index contributed by atoms with van der Waals surface area (Å²) in [5.74, 6) is 0.880. The van der Waals surface area contributed by atoms with Crippen LogP contribution in [0.2, 0.25) is 5.02 Å². The zero-order chi connectivity index (χ0) is 13.5. The molecule has 0 radical (unpaired) electrons. The van der Waals surface area contributed by atoms with Gasteiger partial charge in [0.25, 0.3) is 0 Å². The Morgan fingerprint density at radius 3 is 2.67 bits per heavy atom. The van der Waals surface area contributed by atoms with Gasteiger partial charge in [-0.3, -0.25) is 0 Å². The first-order valence-corrected chi connectivity index (χ1v) is 6.94. The van der Waals surface area contributed by atoms with Gasteiger partial charge in [-0.05, 0) is 26.0 Å². The third-order valence-electron chi connectivity index (χ3n) is 2.89. The van der Waals surface area contributed by atoms with Crippen molar-refractivity contribution in [3.05, 3.63) is 22.7 Å². The van der Waals surface area contributed by atoms with E-state index in [1.165, 1.54) is 0 Å². The Kier molecular flexibility index (Phi) is 6.30. The Bertz CT molecular complexity index is 376. The minimum Gasteiger partial charge on any atom is -0.489 e. The first kappa shape index (κ1) is 15.1. The van der Waals surface area contributed by atoms with Gasteiger partial charge in [-0.1, -0.05) is 25.4 Å². The van der Waals surface area contributed by atoms with E-state index in [1.807, 2.05) is 40.0 Å². The van der Waals surface area contributed by atoms with E-state index in [1.54, 1.807) is 0 Å². The summed E-state index contributed by atoms with van der Waals surface area (Å²) in [6, 6.07) is 3.91. The molecule has 1 unspecified atom stereocenters. The third-order valence-corrected chi connectivity index (χ3v) is 3.29. The van der Waals surface area contributed by atoms with Gasteiger partial charge in [0.2, 0.25) is 0 Å². The van der Waals surface area contributed by atoms with Crippen LogP contribution in [0.5, 0.6) is 5.75 Å². The number of benzene rings is 1. The molecule has 4 heteroatoms. The van der Waals surface area contributed by atoms with Crippen molar-refractivity contribution in [2.45, 2.75) is 33.3 Å². The van der Waals surface area contributed by atoms with Crippen LogP contribution >= 0.6 is 11.6 Å². The van der Waals surface area contributed by atoms with E-state index in [0.717, 1.165) is 41.5 Å². The lowest BCUT2D eigenvalue weighted by Crippen LogP contribution is -2.20. The molecule has 0 aliphatic carbocycles. The lowest BCUT2D eigenvalue weighted by Gasteiger charge is -2.16. The normalized spacial score (nSPS) is 17.9. The fourth-order valence-electron chi connectivity index (χ4n) is 1.83. The molecule has 102 valence electrons. The van der Waals surface area contributed by atoms with Crippen molar-refractivity contribution in [3.8, 4) is 5.75 Å². The van der Waals surface area contributed by atoms with Gasteiger partial charge in [0, 0.05) is 35.9 Å². The highest BCUT2D eigenvalue weighted by Crippen LogP contribution is 2.31.